The van der Waals surface area contributed by atoms with Crippen LogP contribution in [0.1, 0.15) is 12.0 Å². The first-order valence-corrected chi connectivity index (χ1v) is 5.65. The molecular weight excluding hydrogens is 225 g/mol. The van der Waals surface area contributed by atoms with Crippen molar-refractivity contribution in [1.29, 1.82) is 0 Å². The standard InChI is InChI=1S/C10H11F3OS/c1-15-10-7(11)5-6(3-2-4-14)8(12)9(10)13/h5,14H,2-4H2,1H3. The topological polar surface area (TPSA) is 20.2 Å². The van der Waals surface area contributed by atoms with Gasteiger partial charge in [-0.3, -0.25) is 0 Å². The SMILES string of the molecule is CSc1c(F)cc(CCCO)c(F)c1F. The Hall–Kier alpha value is -0.680. The summed E-state index contributed by atoms with van der Waals surface area (Å²) in [4.78, 5) is -0.305. The third-order valence-electron chi connectivity index (χ3n) is 2.00. The van der Waals surface area contributed by atoms with E-state index in [0.717, 1.165) is 17.8 Å². The Balaban J connectivity index is 3.10. The summed E-state index contributed by atoms with van der Waals surface area (Å²) < 4.78 is 39.8. The van der Waals surface area contributed by atoms with E-state index >= 15 is 0 Å². The van der Waals surface area contributed by atoms with Crippen LogP contribution in [-0.4, -0.2) is 18.0 Å². The Morgan fingerprint density at radius 1 is 1.27 bits per heavy atom. The highest BCUT2D eigenvalue weighted by Gasteiger charge is 2.17. The molecule has 1 aromatic rings. The summed E-state index contributed by atoms with van der Waals surface area (Å²) in [6.07, 6.45) is 1.90. The third-order valence-corrected chi connectivity index (χ3v) is 2.78. The number of halogens is 3. The van der Waals surface area contributed by atoms with Gasteiger partial charge in [-0.2, -0.15) is 0 Å². The molecule has 0 aliphatic rings. The number of hydrogen-bond acceptors (Lipinski definition) is 2. The summed E-state index contributed by atoms with van der Waals surface area (Å²) in [5.41, 5.74) is -0.0307. The minimum Gasteiger partial charge on any atom is -0.396 e. The minimum atomic E-state index is -1.14. The van der Waals surface area contributed by atoms with Gasteiger partial charge in [0.15, 0.2) is 11.6 Å². The molecule has 5 heteroatoms. The van der Waals surface area contributed by atoms with Crippen LogP contribution in [0, 0.1) is 17.5 Å². The zero-order chi connectivity index (χ0) is 11.4. The van der Waals surface area contributed by atoms with Gasteiger partial charge in [-0.05, 0) is 30.7 Å². The average Bonchev–Trinajstić information content (AvgIpc) is 2.22. The van der Waals surface area contributed by atoms with Gasteiger partial charge >= 0.3 is 0 Å². The molecule has 0 saturated heterocycles. The Labute approximate surface area is 90.3 Å². The molecule has 0 aliphatic carbocycles. The predicted octanol–water partition coefficient (Wildman–Crippen LogP) is 2.75. The zero-order valence-electron chi connectivity index (χ0n) is 8.19. The number of aliphatic hydroxyl groups excluding tert-OH is 1. The van der Waals surface area contributed by atoms with Crippen LogP contribution >= 0.6 is 11.8 Å². The fourth-order valence-electron chi connectivity index (χ4n) is 1.27. The molecule has 0 aliphatic heterocycles. The third kappa shape index (κ3) is 2.66. The second-order valence-corrected chi connectivity index (χ2v) is 3.82. The summed E-state index contributed by atoms with van der Waals surface area (Å²) in [6, 6.07) is 0.986. The fraction of sp³-hybridized carbons (Fsp3) is 0.400. The maximum absolute atomic E-state index is 13.3. The molecule has 0 atom stereocenters. The van der Waals surface area contributed by atoms with Crippen molar-refractivity contribution in [2.45, 2.75) is 17.7 Å². The Bertz CT molecular complexity index is 355. The van der Waals surface area contributed by atoms with E-state index in [9.17, 15) is 13.2 Å². The highest BCUT2D eigenvalue weighted by molar-refractivity contribution is 7.98. The van der Waals surface area contributed by atoms with E-state index < -0.39 is 17.5 Å². The smallest absolute Gasteiger partial charge is 0.175 e. The van der Waals surface area contributed by atoms with Crippen LogP contribution in [0.5, 0.6) is 0 Å². The second-order valence-electron chi connectivity index (χ2n) is 3.01. The lowest BCUT2D eigenvalue weighted by Crippen LogP contribution is -2.01. The van der Waals surface area contributed by atoms with Crippen LogP contribution in [0.2, 0.25) is 0 Å². The molecule has 15 heavy (non-hydrogen) atoms. The number of aliphatic hydroxyl groups is 1. The monoisotopic (exact) mass is 236 g/mol. The summed E-state index contributed by atoms with van der Waals surface area (Å²) >= 11 is 0.829. The Morgan fingerprint density at radius 3 is 2.47 bits per heavy atom. The largest absolute Gasteiger partial charge is 0.396 e. The van der Waals surface area contributed by atoms with Gasteiger partial charge in [0.2, 0.25) is 0 Å². The minimum absolute atomic E-state index is 0.0307. The van der Waals surface area contributed by atoms with E-state index in [-0.39, 0.29) is 29.9 Å². The first-order chi connectivity index (χ1) is 7.11. The zero-order valence-corrected chi connectivity index (χ0v) is 9.00. The van der Waals surface area contributed by atoms with Crippen LogP contribution in [0.25, 0.3) is 0 Å². The van der Waals surface area contributed by atoms with Crippen molar-refractivity contribution < 1.29 is 18.3 Å². The van der Waals surface area contributed by atoms with E-state index in [1.807, 2.05) is 0 Å². The molecule has 0 saturated carbocycles. The molecule has 0 bridgehead atoms. The molecule has 1 N–H and O–H groups in total. The van der Waals surface area contributed by atoms with E-state index in [0.29, 0.717) is 0 Å². The second kappa shape index (κ2) is 5.42. The molecule has 0 amide bonds. The Kier molecular flexibility index (Phi) is 4.47. The maximum atomic E-state index is 13.3. The van der Waals surface area contributed by atoms with Crippen LogP contribution in [-0.2, 0) is 6.42 Å². The van der Waals surface area contributed by atoms with Crippen LogP contribution in [0.4, 0.5) is 13.2 Å². The average molecular weight is 236 g/mol. The normalized spacial score (nSPS) is 10.7. The lowest BCUT2D eigenvalue weighted by Gasteiger charge is -2.07. The van der Waals surface area contributed by atoms with E-state index in [2.05, 4.69) is 0 Å². The molecule has 0 heterocycles. The molecular formula is C10H11F3OS. The summed E-state index contributed by atoms with van der Waals surface area (Å²) in [6.45, 7) is -0.132. The van der Waals surface area contributed by atoms with Crippen molar-refractivity contribution >= 4 is 11.8 Å². The van der Waals surface area contributed by atoms with Crippen molar-refractivity contribution in [3.63, 3.8) is 0 Å². The maximum Gasteiger partial charge on any atom is 0.175 e. The molecule has 84 valence electrons. The fourth-order valence-corrected chi connectivity index (χ4v) is 1.79. The van der Waals surface area contributed by atoms with Crippen LogP contribution in [0.15, 0.2) is 11.0 Å². The number of aryl methyl sites for hydroxylation is 1. The van der Waals surface area contributed by atoms with Gasteiger partial charge in [-0.1, -0.05) is 0 Å². The summed E-state index contributed by atoms with van der Waals surface area (Å²) in [7, 11) is 0. The first-order valence-electron chi connectivity index (χ1n) is 4.43. The number of benzene rings is 1. The van der Waals surface area contributed by atoms with E-state index in [4.69, 9.17) is 5.11 Å². The summed E-state index contributed by atoms with van der Waals surface area (Å²) in [5, 5.41) is 8.54. The molecule has 1 rings (SSSR count). The molecule has 0 spiro atoms. The molecule has 0 fully saturated rings. The van der Waals surface area contributed by atoms with Crippen molar-refractivity contribution in [2.75, 3.05) is 12.9 Å². The van der Waals surface area contributed by atoms with Gasteiger partial charge in [0.25, 0.3) is 0 Å². The van der Waals surface area contributed by atoms with Crippen molar-refractivity contribution in [3.05, 3.63) is 29.1 Å². The van der Waals surface area contributed by atoms with E-state index in [1.165, 1.54) is 6.26 Å². The van der Waals surface area contributed by atoms with Crippen molar-refractivity contribution in [2.24, 2.45) is 0 Å². The van der Waals surface area contributed by atoms with Crippen LogP contribution < -0.4 is 0 Å². The molecule has 0 radical (unpaired) electrons. The number of rotatable bonds is 4. The quantitative estimate of drug-likeness (QED) is 0.640. The van der Waals surface area contributed by atoms with Gasteiger partial charge in [0.05, 0.1) is 4.90 Å². The van der Waals surface area contributed by atoms with Crippen molar-refractivity contribution in [1.82, 2.24) is 0 Å². The van der Waals surface area contributed by atoms with Crippen molar-refractivity contribution in [3.8, 4) is 0 Å². The molecule has 0 aromatic heterocycles. The molecule has 0 unspecified atom stereocenters. The first kappa shape index (κ1) is 12.4. The Morgan fingerprint density at radius 2 is 1.93 bits per heavy atom. The van der Waals surface area contributed by atoms with Gasteiger partial charge in [0, 0.05) is 6.61 Å². The highest BCUT2D eigenvalue weighted by Crippen LogP contribution is 2.27. The predicted molar refractivity (Wildman–Crippen MR) is 53.5 cm³/mol. The van der Waals surface area contributed by atoms with Gasteiger partial charge in [-0.25, -0.2) is 13.2 Å². The molecule has 1 aromatic carbocycles. The van der Waals surface area contributed by atoms with E-state index in [1.54, 1.807) is 0 Å². The lowest BCUT2D eigenvalue weighted by atomic mass is 10.1. The highest BCUT2D eigenvalue weighted by atomic mass is 32.2. The number of thioether (sulfide) groups is 1. The van der Waals surface area contributed by atoms with Gasteiger partial charge < -0.3 is 5.11 Å². The van der Waals surface area contributed by atoms with Crippen LogP contribution in [0.3, 0.4) is 0 Å². The van der Waals surface area contributed by atoms with Gasteiger partial charge in [0.1, 0.15) is 5.82 Å². The number of hydrogen-bond donors (Lipinski definition) is 1. The summed E-state index contributed by atoms with van der Waals surface area (Å²) in [5.74, 6) is -2.92. The lowest BCUT2D eigenvalue weighted by molar-refractivity contribution is 0.287. The van der Waals surface area contributed by atoms with Gasteiger partial charge in [-0.15, -0.1) is 11.8 Å². The molecule has 1 nitrogen and oxygen atoms in total.